The number of aryl methyl sites for hydroxylation is 1. The summed E-state index contributed by atoms with van der Waals surface area (Å²) in [4.78, 5) is 4.42. The summed E-state index contributed by atoms with van der Waals surface area (Å²) in [6.45, 7) is 3.15. The topological polar surface area (TPSA) is 42.2 Å². The molecule has 4 nitrogen and oxygen atoms in total. The molecule has 1 N–H and O–H groups in total. The Kier molecular flexibility index (Phi) is 2.36. The Hall–Kier alpha value is -1.42. The molecule has 0 saturated carbocycles. The van der Waals surface area contributed by atoms with Crippen molar-refractivity contribution in [2.45, 2.75) is 32.2 Å². The minimum Gasteiger partial charge on any atom is -0.314 e. The summed E-state index contributed by atoms with van der Waals surface area (Å²) in [6.07, 6.45) is 7.69. The molecule has 0 aliphatic carbocycles. The number of rotatable bonds is 2. The van der Waals surface area contributed by atoms with Crippen LogP contribution in [0.3, 0.4) is 0 Å². The van der Waals surface area contributed by atoms with Crippen LogP contribution < -0.4 is 5.32 Å². The van der Waals surface area contributed by atoms with Crippen LogP contribution in [-0.4, -0.2) is 27.2 Å². The molecule has 1 fully saturated rings. The van der Waals surface area contributed by atoms with E-state index in [1.54, 1.807) is 0 Å². The Morgan fingerprint density at radius 2 is 2.50 bits per heavy atom. The summed E-state index contributed by atoms with van der Waals surface area (Å²) in [5.74, 6) is 0. The molecule has 0 aromatic carbocycles. The van der Waals surface area contributed by atoms with E-state index in [-0.39, 0.29) is 0 Å². The fourth-order valence-corrected chi connectivity index (χ4v) is 2.35. The first-order chi connectivity index (χ1) is 7.81. The highest BCUT2D eigenvalue weighted by atomic mass is 15.2. The van der Waals surface area contributed by atoms with E-state index in [4.69, 9.17) is 0 Å². The maximum atomic E-state index is 4.42. The van der Waals surface area contributed by atoms with Crippen LogP contribution >= 0.6 is 0 Å². The standard InChI is InChI=1S/C12H16N4/c1-9-5-12-14-7-10(8-16(12)15-9)6-11-3-2-4-13-11/h5,7-8,11,13H,2-4,6H2,1H3. The SMILES string of the molecule is Cc1cc2ncc(CC3CCCN3)cn2n1. The summed E-state index contributed by atoms with van der Waals surface area (Å²) >= 11 is 0. The van der Waals surface area contributed by atoms with E-state index in [0.717, 1.165) is 24.3 Å². The van der Waals surface area contributed by atoms with Crippen LogP contribution in [0.25, 0.3) is 5.65 Å². The molecule has 1 aliphatic heterocycles. The minimum absolute atomic E-state index is 0.621. The smallest absolute Gasteiger partial charge is 0.155 e. The maximum Gasteiger partial charge on any atom is 0.155 e. The molecule has 1 atom stereocenters. The van der Waals surface area contributed by atoms with Crippen molar-refractivity contribution in [3.8, 4) is 0 Å². The zero-order valence-electron chi connectivity index (χ0n) is 9.48. The second kappa shape index (κ2) is 3.87. The van der Waals surface area contributed by atoms with E-state index >= 15 is 0 Å². The summed E-state index contributed by atoms with van der Waals surface area (Å²) < 4.78 is 1.87. The van der Waals surface area contributed by atoms with Crippen LogP contribution in [0.2, 0.25) is 0 Å². The number of nitrogens with zero attached hydrogens (tertiary/aromatic N) is 3. The highest BCUT2D eigenvalue weighted by molar-refractivity contribution is 5.39. The molecule has 4 heteroatoms. The molecular weight excluding hydrogens is 200 g/mol. The van der Waals surface area contributed by atoms with Crippen LogP contribution in [0.4, 0.5) is 0 Å². The van der Waals surface area contributed by atoms with Crippen molar-refractivity contribution >= 4 is 5.65 Å². The number of hydrogen-bond donors (Lipinski definition) is 1. The van der Waals surface area contributed by atoms with E-state index in [9.17, 15) is 0 Å². The minimum atomic E-state index is 0.621. The van der Waals surface area contributed by atoms with Crippen LogP contribution in [0.1, 0.15) is 24.1 Å². The number of fused-ring (bicyclic) bond motifs is 1. The third-order valence-corrected chi connectivity index (χ3v) is 3.13. The molecule has 1 unspecified atom stereocenters. The Morgan fingerprint density at radius 3 is 3.31 bits per heavy atom. The molecule has 84 valence electrons. The molecular formula is C12H16N4. The van der Waals surface area contributed by atoms with Crippen molar-refractivity contribution < 1.29 is 0 Å². The van der Waals surface area contributed by atoms with Gasteiger partial charge in [-0.2, -0.15) is 5.10 Å². The van der Waals surface area contributed by atoms with Crippen molar-refractivity contribution in [3.63, 3.8) is 0 Å². The van der Waals surface area contributed by atoms with Gasteiger partial charge >= 0.3 is 0 Å². The van der Waals surface area contributed by atoms with Gasteiger partial charge in [0, 0.05) is 24.5 Å². The fraction of sp³-hybridized carbons (Fsp3) is 0.500. The average molecular weight is 216 g/mol. The molecule has 2 aromatic heterocycles. The van der Waals surface area contributed by atoms with Gasteiger partial charge in [-0.1, -0.05) is 0 Å². The van der Waals surface area contributed by atoms with Gasteiger partial charge in [-0.15, -0.1) is 0 Å². The largest absolute Gasteiger partial charge is 0.314 e. The molecule has 16 heavy (non-hydrogen) atoms. The highest BCUT2D eigenvalue weighted by Gasteiger charge is 2.14. The van der Waals surface area contributed by atoms with Crippen molar-refractivity contribution in [2.24, 2.45) is 0 Å². The third-order valence-electron chi connectivity index (χ3n) is 3.13. The maximum absolute atomic E-state index is 4.42. The lowest BCUT2D eigenvalue weighted by atomic mass is 10.1. The molecule has 0 spiro atoms. The van der Waals surface area contributed by atoms with Gasteiger partial charge in [-0.3, -0.25) is 0 Å². The van der Waals surface area contributed by atoms with Crippen molar-refractivity contribution in [1.82, 2.24) is 19.9 Å². The van der Waals surface area contributed by atoms with Gasteiger partial charge in [0.15, 0.2) is 5.65 Å². The van der Waals surface area contributed by atoms with Crippen LogP contribution in [0.15, 0.2) is 18.5 Å². The van der Waals surface area contributed by atoms with Crippen molar-refractivity contribution in [2.75, 3.05) is 6.54 Å². The zero-order valence-corrected chi connectivity index (χ0v) is 9.48. The van der Waals surface area contributed by atoms with Crippen LogP contribution in [-0.2, 0) is 6.42 Å². The first kappa shape index (κ1) is 9.78. The first-order valence-corrected chi connectivity index (χ1v) is 5.85. The van der Waals surface area contributed by atoms with Gasteiger partial charge in [-0.25, -0.2) is 9.50 Å². The molecule has 1 saturated heterocycles. The van der Waals surface area contributed by atoms with Gasteiger partial charge in [0.25, 0.3) is 0 Å². The van der Waals surface area contributed by atoms with Gasteiger partial charge in [0.05, 0.1) is 5.69 Å². The molecule has 3 rings (SSSR count). The van der Waals surface area contributed by atoms with E-state index < -0.39 is 0 Å². The average Bonchev–Trinajstić information content (AvgIpc) is 2.85. The van der Waals surface area contributed by atoms with E-state index in [2.05, 4.69) is 21.6 Å². The van der Waals surface area contributed by atoms with Crippen molar-refractivity contribution in [1.29, 1.82) is 0 Å². The Balaban J connectivity index is 1.86. The summed E-state index contributed by atoms with van der Waals surface area (Å²) in [5, 5.41) is 7.88. The summed E-state index contributed by atoms with van der Waals surface area (Å²) in [5.41, 5.74) is 3.21. The quantitative estimate of drug-likeness (QED) is 0.823. The third kappa shape index (κ3) is 1.80. The fourth-order valence-electron chi connectivity index (χ4n) is 2.35. The Labute approximate surface area is 94.7 Å². The molecule has 2 aromatic rings. The Bertz CT molecular complexity index is 497. The predicted octanol–water partition coefficient (Wildman–Crippen LogP) is 1.33. The van der Waals surface area contributed by atoms with Gasteiger partial charge in [-0.05, 0) is 38.3 Å². The summed E-state index contributed by atoms with van der Waals surface area (Å²) in [6, 6.07) is 2.62. The van der Waals surface area contributed by atoms with Crippen molar-refractivity contribution in [3.05, 3.63) is 29.7 Å². The van der Waals surface area contributed by atoms with Gasteiger partial charge < -0.3 is 5.32 Å². The van der Waals surface area contributed by atoms with Crippen LogP contribution in [0, 0.1) is 6.92 Å². The second-order valence-electron chi connectivity index (χ2n) is 4.55. The van der Waals surface area contributed by atoms with E-state index in [0.29, 0.717) is 6.04 Å². The second-order valence-corrected chi connectivity index (χ2v) is 4.55. The van der Waals surface area contributed by atoms with E-state index in [1.165, 1.54) is 18.4 Å². The monoisotopic (exact) mass is 216 g/mol. The molecule has 0 amide bonds. The number of hydrogen-bond acceptors (Lipinski definition) is 3. The zero-order chi connectivity index (χ0) is 11.0. The number of nitrogens with one attached hydrogen (secondary N) is 1. The molecule has 3 heterocycles. The number of aromatic nitrogens is 3. The molecule has 0 radical (unpaired) electrons. The van der Waals surface area contributed by atoms with Gasteiger partial charge in [0.2, 0.25) is 0 Å². The first-order valence-electron chi connectivity index (χ1n) is 5.85. The summed E-state index contributed by atoms with van der Waals surface area (Å²) in [7, 11) is 0. The predicted molar refractivity (Wildman–Crippen MR) is 62.5 cm³/mol. The lowest BCUT2D eigenvalue weighted by Gasteiger charge is -2.09. The molecule has 1 aliphatic rings. The lowest BCUT2D eigenvalue weighted by Crippen LogP contribution is -2.23. The van der Waals surface area contributed by atoms with Gasteiger partial charge in [0.1, 0.15) is 0 Å². The highest BCUT2D eigenvalue weighted by Crippen LogP contribution is 2.12. The normalized spacial score (nSPS) is 20.7. The lowest BCUT2D eigenvalue weighted by molar-refractivity contribution is 0.599. The molecule has 0 bridgehead atoms. The van der Waals surface area contributed by atoms with E-state index in [1.807, 2.05) is 23.7 Å². The Morgan fingerprint density at radius 1 is 1.56 bits per heavy atom. The van der Waals surface area contributed by atoms with Crippen LogP contribution in [0.5, 0.6) is 0 Å².